The van der Waals surface area contributed by atoms with Gasteiger partial charge < -0.3 is 10.2 Å². The average Bonchev–Trinajstić information content (AvgIpc) is 2.56. The molecule has 2 nitrogen and oxygen atoms in total. The van der Waals surface area contributed by atoms with Crippen molar-refractivity contribution in [1.82, 2.24) is 10.2 Å². The highest BCUT2D eigenvalue weighted by Gasteiger charge is 2.42. The van der Waals surface area contributed by atoms with Crippen LogP contribution in [0.25, 0.3) is 0 Å². The lowest BCUT2D eigenvalue weighted by molar-refractivity contribution is -0.0231. The summed E-state index contributed by atoms with van der Waals surface area (Å²) in [6.45, 7) is 6.73. The maximum atomic E-state index is 3.54. The molecule has 2 heterocycles. The van der Waals surface area contributed by atoms with Crippen molar-refractivity contribution in [3.05, 3.63) is 0 Å². The molecule has 0 amide bonds. The molecule has 0 aromatic carbocycles. The van der Waals surface area contributed by atoms with Crippen molar-refractivity contribution in [3.8, 4) is 0 Å². The Hall–Kier alpha value is -0.0800. The zero-order chi connectivity index (χ0) is 11.6. The van der Waals surface area contributed by atoms with E-state index in [2.05, 4.69) is 10.2 Å². The highest BCUT2D eigenvalue weighted by Crippen LogP contribution is 2.43. The highest BCUT2D eigenvalue weighted by molar-refractivity contribution is 4.96. The van der Waals surface area contributed by atoms with Crippen LogP contribution in [0.15, 0.2) is 0 Å². The maximum absolute atomic E-state index is 3.54. The predicted molar refractivity (Wildman–Crippen MR) is 72.2 cm³/mol. The maximum Gasteiger partial charge on any atom is 0.00506 e. The first-order valence-electron chi connectivity index (χ1n) is 7.79. The molecule has 17 heavy (non-hydrogen) atoms. The Morgan fingerprint density at radius 3 is 2.41 bits per heavy atom. The van der Waals surface area contributed by atoms with Gasteiger partial charge in [-0.05, 0) is 50.1 Å². The van der Waals surface area contributed by atoms with E-state index < -0.39 is 0 Å². The minimum Gasteiger partial charge on any atom is -0.316 e. The number of nitrogens with zero attached hydrogens (tertiary/aromatic N) is 1. The van der Waals surface area contributed by atoms with Crippen LogP contribution in [0.3, 0.4) is 0 Å². The third kappa shape index (κ3) is 2.85. The first kappa shape index (κ1) is 12.0. The molecule has 0 aromatic rings. The van der Waals surface area contributed by atoms with Crippen molar-refractivity contribution in [2.75, 3.05) is 32.7 Å². The van der Waals surface area contributed by atoms with Crippen LogP contribution in [0.4, 0.5) is 0 Å². The normalized spacial score (nSPS) is 34.2. The minimum atomic E-state index is 0.762. The van der Waals surface area contributed by atoms with E-state index in [0.717, 1.165) is 11.3 Å². The van der Waals surface area contributed by atoms with Crippen molar-refractivity contribution >= 4 is 0 Å². The molecule has 2 aliphatic heterocycles. The van der Waals surface area contributed by atoms with E-state index in [0.29, 0.717) is 0 Å². The first-order chi connectivity index (χ1) is 8.36. The lowest BCUT2D eigenvalue weighted by Gasteiger charge is -2.51. The number of rotatable bonds is 2. The molecule has 2 saturated heterocycles. The third-order valence-electron chi connectivity index (χ3n) is 5.20. The van der Waals surface area contributed by atoms with Gasteiger partial charge in [-0.3, -0.25) is 0 Å². The van der Waals surface area contributed by atoms with Gasteiger partial charge in [-0.1, -0.05) is 25.7 Å². The summed E-state index contributed by atoms with van der Waals surface area (Å²) in [4.78, 5) is 2.74. The van der Waals surface area contributed by atoms with Gasteiger partial charge in [-0.15, -0.1) is 0 Å². The molecule has 1 aliphatic carbocycles. The Balaban J connectivity index is 1.43. The number of nitrogens with one attached hydrogen (secondary N) is 1. The average molecular weight is 236 g/mol. The molecule has 2 heteroatoms. The lowest BCUT2D eigenvalue weighted by atomic mass is 9.73. The van der Waals surface area contributed by atoms with Gasteiger partial charge in [0.1, 0.15) is 0 Å². The third-order valence-corrected chi connectivity index (χ3v) is 5.20. The van der Waals surface area contributed by atoms with E-state index in [-0.39, 0.29) is 0 Å². The van der Waals surface area contributed by atoms with Gasteiger partial charge in [-0.25, -0.2) is 0 Å². The fraction of sp³-hybridized carbons (Fsp3) is 1.00. The van der Waals surface area contributed by atoms with Crippen molar-refractivity contribution in [1.29, 1.82) is 0 Å². The van der Waals surface area contributed by atoms with Crippen LogP contribution in [0.2, 0.25) is 0 Å². The molecule has 3 fully saturated rings. The van der Waals surface area contributed by atoms with Gasteiger partial charge in [0.25, 0.3) is 0 Å². The predicted octanol–water partition coefficient (Wildman–Crippen LogP) is 2.64. The Morgan fingerprint density at radius 2 is 1.76 bits per heavy atom. The van der Waals surface area contributed by atoms with Crippen molar-refractivity contribution in [2.45, 2.75) is 51.4 Å². The summed E-state index contributed by atoms with van der Waals surface area (Å²) >= 11 is 0. The second kappa shape index (κ2) is 5.27. The summed E-state index contributed by atoms with van der Waals surface area (Å²) in [5, 5.41) is 3.54. The summed E-state index contributed by atoms with van der Waals surface area (Å²) < 4.78 is 0. The van der Waals surface area contributed by atoms with Crippen molar-refractivity contribution < 1.29 is 0 Å². The van der Waals surface area contributed by atoms with Gasteiger partial charge in [-0.2, -0.15) is 0 Å². The molecule has 0 aromatic heterocycles. The van der Waals surface area contributed by atoms with Crippen LogP contribution in [-0.4, -0.2) is 37.6 Å². The second-order valence-electron chi connectivity index (χ2n) is 6.80. The summed E-state index contributed by atoms with van der Waals surface area (Å²) in [5.41, 5.74) is 0.762. The molecular formula is C15H28N2. The Bertz CT molecular complexity index is 229. The fourth-order valence-electron chi connectivity index (χ4n) is 4.27. The Morgan fingerprint density at radius 1 is 1.00 bits per heavy atom. The summed E-state index contributed by atoms with van der Waals surface area (Å²) in [6, 6.07) is 0. The summed E-state index contributed by atoms with van der Waals surface area (Å²) in [6.07, 6.45) is 11.9. The molecule has 1 N–H and O–H groups in total. The van der Waals surface area contributed by atoms with E-state index >= 15 is 0 Å². The van der Waals surface area contributed by atoms with Gasteiger partial charge >= 0.3 is 0 Å². The van der Waals surface area contributed by atoms with E-state index in [1.807, 2.05) is 0 Å². The first-order valence-corrected chi connectivity index (χ1v) is 7.79. The fourth-order valence-corrected chi connectivity index (χ4v) is 4.27. The van der Waals surface area contributed by atoms with Gasteiger partial charge in [0.2, 0.25) is 0 Å². The molecule has 0 bridgehead atoms. The number of hydrogen-bond donors (Lipinski definition) is 1. The van der Waals surface area contributed by atoms with Gasteiger partial charge in [0.05, 0.1) is 0 Å². The van der Waals surface area contributed by atoms with Crippen molar-refractivity contribution in [3.63, 3.8) is 0 Å². The topological polar surface area (TPSA) is 15.3 Å². The smallest absolute Gasteiger partial charge is 0.00506 e. The number of likely N-dealkylation sites (tertiary alicyclic amines) is 1. The van der Waals surface area contributed by atoms with Crippen LogP contribution >= 0.6 is 0 Å². The highest BCUT2D eigenvalue weighted by atomic mass is 15.2. The largest absolute Gasteiger partial charge is 0.316 e. The Labute approximate surface area is 106 Å². The minimum absolute atomic E-state index is 0.762. The van der Waals surface area contributed by atoms with Crippen LogP contribution in [0.1, 0.15) is 51.4 Å². The summed E-state index contributed by atoms with van der Waals surface area (Å²) in [5.74, 6) is 0.937. The van der Waals surface area contributed by atoms with Crippen LogP contribution < -0.4 is 5.32 Å². The van der Waals surface area contributed by atoms with Crippen LogP contribution in [0.5, 0.6) is 0 Å². The molecule has 3 aliphatic rings. The molecule has 1 saturated carbocycles. The molecule has 3 rings (SSSR count). The zero-order valence-electron chi connectivity index (χ0n) is 11.2. The SMILES string of the molecule is C1CCCC2(CC1)CN(CC1CCCNC1)C2. The monoisotopic (exact) mass is 236 g/mol. The molecule has 0 radical (unpaired) electrons. The Kier molecular flexibility index (Phi) is 3.72. The number of piperidine rings is 1. The zero-order valence-corrected chi connectivity index (χ0v) is 11.2. The van der Waals surface area contributed by atoms with E-state index in [4.69, 9.17) is 0 Å². The molecule has 1 unspecified atom stereocenters. The van der Waals surface area contributed by atoms with Gasteiger partial charge in [0, 0.05) is 19.6 Å². The van der Waals surface area contributed by atoms with E-state index in [1.165, 1.54) is 84.1 Å². The molecule has 1 spiro atoms. The van der Waals surface area contributed by atoms with Gasteiger partial charge in [0.15, 0.2) is 0 Å². The number of hydrogen-bond acceptors (Lipinski definition) is 2. The lowest BCUT2D eigenvalue weighted by Crippen LogP contribution is -2.57. The van der Waals surface area contributed by atoms with Crippen LogP contribution in [-0.2, 0) is 0 Å². The second-order valence-corrected chi connectivity index (χ2v) is 6.80. The standard InChI is InChI=1S/C15H28N2/c1-2-4-8-15(7-3-1)12-17(13-15)11-14-6-5-9-16-10-14/h14,16H,1-13H2. The molecular weight excluding hydrogens is 208 g/mol. The molecule has 1 atom stereocenters. The quantitative estimate of drug-likeness (QED) is 0.793. The van der Waals surface area contributed by atoms with Crippen LogP contribution in [0, 0.1) is 11.3 Å². The van der Waals surface area contributed by atoms with E-state index in [9.17, 15) is 0 Å². The van der Waals surface area contributed by atoms with Crippen molar-refractivity contribution in [2.24, 2.45) is 11.3 Å². The van der Waals surface area contributed by atoms with E-state index in [1.54, 1.807) is 0 Å². The molecule has 98 valence electrons. The summed E-state index contributed by atoms with van der Waals surface area (Å²) in [7, 11) is 0.